The molecule has 1 saturated heterocycles. The van der Waals surface area contributed by atoms with E-state index >= 15 is 0 Å². The predicted octanol–water partition coefficient (Wildman–Crippen LogP) is 3.00. The van der Waals surface area contributed by atoms with Gasteiger partial charge in [0.05, 0.1) is 11.6 Å². The number of nitrogens with zero attached hydrogens (tertiary/aromatic N) is 2. The van der Waals surface area contributed by atoms with Crippen LogP contribution in [0.25, 0.3) is 0 Å². The van der Waals surface area contributed by atoms with Crippen LogP contribution in [0.1, 0.15) is 38.2 Å². The molecule has 0 saturated carbocycles. The highest BCUT2D eigenvalue weighted by Crippen LogP contribution is 2.29. The van der Waals surface area contributed by atoms with Crippen molar-refractivity contribution in [1.82, 2.24) is 4.98 Å². The second-order valence-corrected chi connectivity index (χ2v) is 5.11. The van der Waals surface area contributed by atoms with Gasteiger partial charge in [0.15, 0.2) is 0 Å². The monoisotopic (exact) mass is 254 g/mol. The molecule has 0 spiro atoms. The van der Waals surface area contributed by atoms with Gasteiger partial charge in [-0.1, -0.05) is 24.4 Å². The molecule has 1 aliphatic heterocycles. The van der Waals surface area contributed by atoms with E-state index in [-0.39, 0.29) is 6.61 Å². The Kier molecular flexibility index (Phi) is 4.24. The fraction of sp³-hybridized carbons (Fsp3) is 0.615. The van der Waals surface area contributed by atoms with E-state index in [1.165, 1.54) is 25.7 Å². The molecule has 2 heterocycles. The molecule has 2 rings (SSSR count). The Bertz CT molecular complexity index is 384. The first kappa shape index (κ1) is 12.7. The zero-order chi connectivity index (χ0) is 12.3. The zero-order valence-corrected chi connectivity index (χ0v) is 11.0. The maximum atomic E-state index is 9.05. The summed E-state index contributed by atoms with van der Waals surface area (Å²) >= 11 is 6.24. The van der Waals surface area contributed by atoms with Gasteiger partial charge in [-0.2, -0.15) is 0 Å². The molecule has 0 bridgehead atoms. The van der Waals surface area contributed by atoms with Crippen LogP contribution >= 0.6 is 11.6 Å². The Balaban J connectivity index is 2.25. The molecular formula is C13H19ClN2O. The molecular weight excluding hydrogens is 236 g/mol. The minimum absolute atomic E-state index is 0.0114. The Morgan fingerprint density at radius 2 is 2.29 bits per heavy atom. The molecule has 0 aliphatic carbocycles. The third-order valence-electron chi connectivity index (χ3n) is 3.39. The smallest absolute Gasteiger partial charge is 0.147 e. The number of aliphatic hydroxyl groups is 1. The quantitative estimate of drug-likeness (QED) is 0.882. The third kappa shape index (κ3) is 2.90. The van der Waals surface area contributed by atoms with Crippen LogP contribution in [-0.2, 0) is 6.61 Å². The van der Waals surface area contributed by atoms with E-state index in [0.717, 1.165) is 17.9 Å². The van der Waals surface area contributed by atoms with Crippen molar-refractivity contribution in [3.63, 3.8) is 0 Å². The van der Waals surface area contributed by atoms with Crippen LogP contribution in [0.3, 0.4) is 0 Å². The lowest BCUT2D eigenvalue weighted by atomic mass is 10.1. The van der Waals surface area contributed by atoms with Gasteiger partial charge in [-0.05, 0) is 31.4 Å². The summed E-state index contributed by atoms with van der Waals surface area (Å²) in [6.07, 6.45) is 6.67. The summed E-state index contributed by atoms with van der Waals surface area (Å²) in [4.78, 5) is 6.69. The highest BCUT2D eigenvalue weighted by Gasteiger charge is 2.20. The van der Waals surface area contributed by atoms with Crippen molar-refractivity contribution in [3.8, 4) is 0 Å². The van der Waals surface area contributed by atoms with E-state index < -0.39 is 0 Å². The first-order valence-corrected chi connectivity index (χ1v) is 6.62. The van der Waals surface area contributed by atoms with Crippen LogP contribution in [0, 0.1) is 0 Å². The van der Waals surface area contributed by atoms with Gasteiger partial charge in [-0.15, -0.1) is 0 Å². The SMILES string of the molecule is CC1CCCCCN1c1ncc(CO)cc1Cl. The Morgan fingerprint density at radius 1 is 1.47 bits per heavy atom. The molecule has 1 aromatic rings. The Hall–Kier alpha value is -0.800. The second kappa shape index (κ2) is 5.69. The van der Waals surface area contributed by atoms with Gasteiger partial charge in [0, 0.05) is 18.8 Å². The average Bonchev–Trinajstić information content (AvgIpc) is 2.54. The van der Waals surface area contributed by atoms with Crippen molar-refractivity contribution in [1.29, 1.82) is 0 Å². The molecule has 3 nitrogen and oxygen atoms in total. The topological polar surface area (TPSA) is 36.4 Å². The normalized spacial score (nSPS) is 21.4. The van der Waals surface area contributed by atoms with Crippen LogP contribution in [0.4, 0.5) is 5.82 Å². The first-order valence-electron chi connectivity index (χ1n) is 6.24. The van der Waals surface area contributed by atoms with E-state index in [1.54, 1.807) is 6.20 Å². The molecule has 4 heteroatoms. The van der Waals surface area contributed by atoms with E-state index in [0.29, 0.717) is 11.1 Å². The molecule has 1 unspecified atom stereocenters. The summed E-state index contributed by atoms with van der Waals surface area (Å²) < 4.78 is 0. The molecule has 0 radical (unpaired) electrons. The summed E-state index contributed by atoms with van der Waals surface area (Å²) in [5.74, 6) is 0.860. The second-order valence-electron chi connectivity index (χ2n) is 4.70. The highest BCUT2D eigenvalue weighted by molar-refractivity contribution is 6.33. The van der Waals surface area contributed by atoms with Gasteiger partial charge < -0.3 is 10.0 Å². The minimum atomic E-state index is -0.0114. The van der Waals surface area contributed by atoms with Crippen LogP contribution in [0.15, 0.2) is 12.3 Å². The molecule has 1 atom stereocenters. The number of aliphatic hydroxyl groups excluding tert-OH is 1. The minimum Gasteiger partial charge on any atom is -0.392 e. The van der Waals surface area contributed by atoms with Crippen molar-refractivity contribution in [2.45, 2.75) is 45.3 Å². The van der Waals surface area contributed by atoms with Gasteiger partial charge in [-0.25, -0.2) is 4.98 Å². The number of hydrogen-bond acceptors (Lipinski definition) is 3. The van der Waals surface area contributed by atoms with Crippen molar-refractivity contribution in [2.75, 3.05) is 11.4 Å². The van der Waals surface area contributed by atoms with E-state index in [2.05, 4.69) is 16.8 Å². The van der Waals surface area contributed by atoms with E-state index in [1.807, 2.05) is 6.07 Å². The Morgan fingerprint density at radius 3 is 3.00 bits per heavy atom. The number of aromatic nitrogens is 1. The average molecular weight is 255 g/mol. The molecule has 1 aromatic heterocycles. The Labute approximate surface area is 107 Å². The molecule has 0 amide bonds. The fourth-order valence-electron chi connectivity index (χ4n) is 2.36. The first-order chi connectivity index (χ1) is 8.22. The lowest BCUT2D eigenvalue weighted by Gasteiger charge is -2.29. The summed E-state index contributed by atoms with van der Waals surface area (Å²) in [6.45, 7) is 3.23. The molecule has 0 aromatic carbocycles. The third-order valence-corrected chi connectivity index (χ3v) is 3.66. The maximum Gasteiger partial charge on any atom is 0.147 e. The van der Waals surface area contributed by atoms with E-state index in [4.69, 9.17) is 16.7 Å². The predicted molar refractivity (Wildman–Crippen MR) is 70.4 cm³/mol. The maximum absolute atomic E-state index is 9.05. The van der Waals surface area contributed by atoms with E-state index in [9.17, 15) is 0 Å². The fourth-order valence-corrected chi connectivity index (χ4v) is 2.66. The molecule has 17 heavy (non-hydrogen) atoms. The lowest BCUT2D eigenvalue weighted by Crippen LogP contribution is -2.33. The number of hydrogen-bond donors (Lipinski definition) is 1. The summed E-state index contributed by atoms with van der Waals surface area (Å²) in [5, 5.41) is 9.69. The summed E-state index contributed by atoms with van der Waals surface area (Å²) in [7, 11) is 0. The summed E-state index contributed by atoms with van der Waals surface area (Å²) in [6, 6.07) is 2.30. The summed E-state index contributed by atoms with van der Waals surface area (Å²) in [5.41, 5.74) is 0.765. The molecule has 94 valence electrons. The van der Waals surface area contributed by atoms with Crippen molar-refractivity contribution >= 4 is 17.4 Å². The molecule has 1 aliphatic rings. The number of pyridine rings is 1. The van der Waals surface area contributed by atoms with Gasteiger partial charge in [0.2, 0.25) is 0 Å². The number of anilines is 1. The van der Waals surface area contributed by atoms with Crippen molar-refractivity contribution in [2.24, 2.45) is 0 Å². The molecule has 1 fully saturated rings. The molecule has 1 N–H and O–H groups in total. The van der Waals surface area contributed by atoms with Gasteiger partial charge in [0.1, 0.15) is 5.82 Å². The van der Waals surface area contributed by atoms with Crippen LogP contribution in [0.2, 0.25) is 5.02 Å². The number of halogens is 1. The van der Waals surface area contributed by atoms with Gasteiger partial charge in [-0.3, -0.25) is 0 Å². The van der Waals surface area contributed by atoms with Crippen LogP contribution in [-0.4, -0.2) is 22.7 Å². The standard InChI is InChI=1S/C13H19ClN2O/c1-10-5-3-2-4-6-16(10)13-12(14)7-11(9-17)8-15-13/h7-8,10,17H,2-6,9H2,1H3. The van der Waals surface area contributed by atoms with Gasteiger partial charge >= 0.3 is 0 Å². The lowest BCUT2D eigenvalue weighted by molar-refractivity contribution is 0.281. The van der Waals surface area contributed by atoms with Crippen LogP contribution < -0.4 is 4.90 Å². The number of rotatable bonds is 2. The largest absolute Gasteiger partial charge is 0.392 e. The zero-order valence-electron chi connectivity index (χ0n) is 10.2. The highest BCUT2D eigenvalue weighted by atomic mass is 35.5. The van der Waals surface area contributed by atoms with Crippen molar-refractivity contribution in [3.05, 3.63) is 22.8 Å². The van der Waals surface area contributed by atoms with Crippen molar-refractivity contribution < 1.29 is 5.11 Å². The van der Waals surface area contributed by atoms with Gasteiger partial charge in [0.25, 0.3) is 0 Å². The van der Waals surface area contributed by atoms with Crippen LogP contribution in [0.5, 0.6) is 0 Å².